The number of hydrogen-bond donors (Lipinski definition) is 2. The van der Waals surface area contributed by atoms with Gasteiger partial charge in [-0.15, -0.1) is 0 Å². The number of carboxylic acids is 2. The summed E-state index contributed by atoms with van der Waals surface area (Å²) in [5.74, 6) is -1.14. The Morgan fingerprint density at radius 1 is 0.846 bits per heavy atom. The van der Waals surface area contributed by atoms with Gasteiger partial charge in [-0.05, 0) is 47.9 Å². The smallest absolute Gasteiger partial charge is 0.336 e. The molecule has 0 fully saturated rings. The Bertz CT molecular complexity index is 1160. The average Bonchev–Trinajstić information content (AvgIpc) is 2.62. The predicted octanol–water partition coefficient (Wildman–Crippen LogP) is 5.27. The van der Waals surface area contributed by atoms with Gasteiger partial charge in [-0.1, -0.05) is 23.7 Å². The first-order chi connectivity index (χ1) is 12.5. The SMILES string of the molecule is O=C(O)c1ccc(Oc2ccc(C(=O)O)c3c4ccc(cc4Cl)c23)cc1. The summed E-state index contributed by atoms with van der Waals surface area (Å²) in [6.07, 6.45) is 0. The van der Waals surface area contributed by atoms with Crippen molar-refractivity contribution in [1.29, 1.82) is 0 Å². The van der Waals surface area contributed by atoms with Crippen LogP contribution in [0.4, 0.5) is 0 Å². The standard InChI is InChI=1S/C20H11ClO5/c21-15-9-11-3-6-13(15)18-14(20(24)25)7-8-16(17(11)18)26-12-4-1-10(2-5-12)19(22)23/h1-9H,(H,22,23)(H,24,25). The Balaban J connectivity index is 1.89. The molecule has 0 aromatic heterocycles. The topological polar surface area (TPSA) is 83.8 Å². The fourth-order valence-electron chi connectivity index (χ4n) is 3.08. The van der Waals surface area contributed by atoms with Gasteiger partial charge in [0.1, 0.15) is 11.5 Å². The molecule has 6 heteroatoms. The number of rotatable bonds is 4. The molecule has 0 saturated carbocycles. The van der Waals surface area contributed by atoms with Crippen molar-refractivity contribution in [3.63, 3.8) is 0 Å². The lowest BCUT2D eigenvalue weighted by Crippen LogP contribution is -2.00. The largest absolute Gasteiger partial charge is 0.478 e. The molecule has 5 rings (SSSR count). The quantitative estimate of drug-likeness (QED) is 0.513. The number of carbonyl (C=O) groups is 2. The summed E-state index contributed by atoms with van der Waals surface area (Å²) >= 11 is 6.24. The molecule has 0 heterocycles. The number of ether oxygens (including phenoxy) is 1. The van der Waals surface area contributed by atoms with Crippen LogP contribution in [-0.4, -0.2) is 22.2 Å². The van der Waals surface area contributed by atoms with E-state index in [9.17, 15) is 14.7 Å². The molecule has 2 N–H and O–H groups in total. The molecule has 0 aliphatic rings. The molecule has 26 heavy (non-hydrogen) atoms. The third kappa shape index (κ3) is 2.50. The van der Waals surface area contributed by atoms with Crippen LogP contribution in [0.25, 0.3) is 21.5 Å². The van der Waals surface area contributed by atoms with E-state index in [-0.39, 0.29) is 11.1 Å². The molecule has 0 amide bonds. The minimum atomic E-state index is -1.04. The maximum atomic E-state index is 11.6. The van der Waals surface area contributed by atoms with Crippen molar-refractivity contribution in [1.82, 2.24) is 0 Å². The number of fused-ring (bicyclic) bond motifs is 2. The fraction of sp³-hybridized carbons (Fsp3) is 0. The highest BCUT2D eigenvalue weighted by atomic mass is 35.5. The van der Waals surface area contributed by atoms with Crippen LogP contribution >= 0.6 is 11.6 Å². The third-order valence-corrected chi connectivity index (χ3v) is 4.57. The third-order valence-electron chi connectivity index (χ3n) is 4.25. The summed E-state index contributed by atoms with van der Waals surface area (Å²) in [6, 6.07) is 14.5. The van der Waals surface area contributed by atoms with Crippen molar-refractivity contribution in [2.45, 2.75) is 0 Å². The molecule has 0 spiro atoms. The molecule has 0 saturated heterocycles. The van der Waals surface area contributed by atoms with Crippen LogP contribution in [-0.2, 0) is 0 Å². The highest BCUT2D eigenvalue weighted by Crippen LogP contribution is 2.42. The lowest BCUT2D eigenvalue weighted by atomic mass is 9.94. The van der Waals surface area contributed by atoms with Gasteiger partial charge in [0.05, 0.1) is 11.1 Å². The van der Waals surface area contributed by atoms with Crippen LogP contribution in [0.1, 0.15) is 20.7 Å². The van der Waals surface area contributed by atoms with Crippen LogP contribution in [0.5, 0.6) is 11.5 Å². The van der Waals surface area contributed by atoms with E-state index in [0.717, 1.165) is 5.39 Å². The van der Waals surface area contributed by atoms with Gasteiger partial charge in [0.25, 0.3) is 0 Å². The van der Waals surface area contributed by atoms with E-state index < -0.39 is 11.9 Å². The second-order valence-corrected chi connectivity index (χ2v) is 6.20. The molecule has 128 valence electrons. The Morgan fingerprint density at radius 3 is 2.19 bits per heavy atom. The number of halogens is 1. The Morgan fingerprint density at radius 2 is 1.58 bits per heavy atom. The van der Waals surface area contributed by atoms with E-state index in [2.05, 4.69) is 0 Å². The molecule has 0 aliphatic carbocycles. The first-order valence-corrected chi connectivity index (χ1v) is 8.05. The van der Waals surface area contributed by atoms with Crippen LogP contribution in [0, 0.1) is 0 Å². The molecule has 0 radical (unpaired) electrons. The Kier molecular flexibility index (Phi) is 3.67. The number of aromatic carboxylic acids is 2. The van der Waals surface area contributed by atoms with Crippen molar-refractivity contribution in [2.24, 2.45) is 0 Å². The van der Waals surface area contributed by atoms with Gasteiger partial charge in [-0.25, -0.2) is 9.59 Å². The minimum absolute atomic E-state index is 0.150. The maximum absolute atomic E-state index is 11.6. The summed E-state index contributed by atoms with van der Waals surface area (Å²) in [4.78, 5) is 22.6. The number of carboxylic acid groups (broad SMARTS) is 2. The second-order valence-electron chi connectivity index (χ2n) is 5.79. The molecule has 0 aliphatic heterocycles. The molecular formula is C20H11ClO5. The first kappa shape index (κ1) is 16.2. The van der Waals surface area contributed by atoms with Crippen molar-refractivity contribution in [2.75, 3.05) is 0 Å². The second kappa shape index (κ2) is 5.89. The van der Waals surface area contributed by atoms with E-state index in [1.54, 1.807) is 30.3 Å². The zero-order chi connectivity index (χ0) is 18.4. The van der Waals surface area contributed by atoms with Crippen LogP contribution in [0.3, 0.4) is 0 Å². The van der Waals surface area contributed by atoms with Crippen LogP contribution in [0.2, 0.25) is 5.02 Å². The van der Waals surface area contributed by atoms with Crippen LogP contribution in [0.15, 0.2) is 54.6 Å². The van der Waals surface area contributed by atoms with Gasteiger partial charge < -0.3 is 14.9 Å². The van der Waals surface area contributed by atoms with Gasteiger partial charge in [0, 0.05) is 21.2 Å². The molecule has 0 atom stereocenters. The molecule has 2 bridgehead atoms. The highest BCUT2D eigenvalue weighted by molar-refractivity contribution is 6.39. The number of hydrogen-bond acceptors (Lipinski definition) is 3. The van der Waals surface area contributed by atoms with Gasteiger partial charge in [0.2, 0.25) is 0 Å². The summed E-state index contributed by atoms with van der Waals surface area (Å²) in [5, 5.41) is 21.6. The van der Waals surface area contributed by atoms with E-state index in [4.69, 9.17) is 21.4 Å². The maximum Gasteiger partial charge on any atom is 0.336 e. The Hall–Kier alpha value is -3.31. The Labute approximate surface area is 152 Å². The minimum Gasteiger partial charge on any atom is -0.478 e. The van der Waals surface area contributed by atoms with Gasteiger partial charge in [-0.2, -0.15) is 0 Å². The van der Waals surface area contributed by atoms with Crippen molar-refractivity contribution < 1.29 is 24.5 Å². The monoisotopic (exact) mass is 366 g/mol. The lowest BCUT2D eigenvalue weighted by Gasteiger charge is -2.16. The molecule has 0 unspecified atom stereocenters. The molecule has 5 aromatic rings. The predicted molar refractivity (Wildman–Crippen MR) is 98.1 cm³/mol. The van der Waals surface area contributed by atoms with E-state index in [1.807, 2.05) is 6.07 Å². The zero-order valence-corrected chi connectivity index (χ0v) is 13.9. The molecule has 5 aromatic carbocycles. The van der Waals surface area contributed by atoms with Gasteiger partial charge in [0.15, 0.2) is 0 Å². The summed E-state index contributed by atoms with van der Waals surface area (Å²) in [6.45, 7) is 0. The fourth-order valence-corrected chi connectivity index (χ4v) is 3.35. The van der Waals surface area contributed by atoms with Crippen molar-refractivity contribution in [3.05, 3.63) is 70.7 Å². The highest BCUT2D eigenvalue weighted by Gasteiger charge is 2.19. The van der Waals surface area contributed by atoms with E-state index in [0.29, 0.717) is 32.7 Å². The summed E-state index contributed by atoms with van der Waals surface area (Å²) in [7, 11) is 0. The zero-order valence-electron chi connectivity index (χ0n) is 13.2. The normalized spacial score (nSPS) is 11.1. The van der Waals surface area contributed by atoms with Crippen LogP contribution < -0.4 is 4.74 Å². The van der Waals surface area contributed by atoms with E-state index in [1.165, 1.54) is 18.2 Å². The molecule has 5 nitrogen and oxygen atoms in total. The van der Waals surface area contributed by atoms with Gasteiger partial charge in [-0.3, -0.25) is 0 Å². The molecular weight excluding hydrogens is 356 g/mol. The van der Waals surface area contributed by atoms with Gasteiger partial charge >= 0.3 is 11.9 Å². The lowest BCUT2D eigenvalue weighted by molar-refractivity contribution is 0.0687. The van der Waals surface area contributed by atoms with E-state index >= 15 is 0 Å². The summed E-state index contributed by atoms with van der Waals surface area (Å²) in [5.41, 5.74) is 0.305. The average molecular weight is 367 g/mol. The summed E-state index contributed by atoms with van der Waals surface area (Å²) < 4.78 is 5.91. The first-order valence-electron chi connectivity index (χ1n) is 7.67. The van der Waals surface area contributed by atoms with Crippen molar-refractivity contribution in [3.8, 4) is 11.5 Å². The number of benzene rings is 5. The van der Waals surface area contributed by atoms with Crippen molar-refractivity contribution >= 4 is 45.1 Å².